The average molecular weight is 270 g/mol. The van der Waals surface area contributed by atoms with Crippen molar-refractivity contribution in [3.8, 4) is 17.4 Å². The maximum Gasteiger partial charge on any atom is 0.219 e. The number of piperidine rings is 1. The van der Waals surface area contributed by atoms with E-state index in [1.807, 2.05) is 42.5 Å². The molecule has 0 spiro atoms. The molecule has 1 aromatic carbocycles. The maximum absolute atomic E-state index is 5.99. The number of ether oxygens (including phenoxy) is 2. The summed E-state index contributed by atoms with van der Waals surface area (Å²) in [7, 11) is 0. The van der Waals surface area contributed by atoms with Crippen LogP contribution in [0, 0.1) is 0 Å². The minimum absolute atomic E-state index is 0.293. The van der Waals surface area contributed by atoms with Crippen molar-refractivity contribution in [1.29, 1.82) is 0 Å². The van der Waals surface area contributed by atoms with Crippen molar-refractivity contribution < 1.29 is 9.47 Å². The highest BCUT2D eigenvalue weighted by atomic mass is 16.5. The lowest BCUT2D eigenvalue weighted by atomic mass is 10.1. The molecule has 0 radical (unpaired) electrons. The molecule has 1 N–H and O–H groups in total. The van der Waals surface area contributed by atoms with Gasteiger partial charge in [-0.15, -0.1) is 0 Å². The molecule has 4 nitrogen and oxygen atoms in total. The Labute approximate surface area is 118 Å². The number of hydrogen-bond acceptors (Lipinski definition) is 4. The zero-order valence-corrected chi connectivity index (χ0v) is 11.3. The molecule has 4 heteroatoms. The molecule has 1 saturated heterocycles. The first-order valence-corrected chi connectivity index (χ1v) is 6.96. The molecule has 1 aliphatic heterocycles. The summed E-state index contributed by atoms with van der Waals surface area (Å²) in [5, 5.41) is 3.33. The zero-order valence-electron chi connectivity index (χ0n) is 11.3. The molecular weight excluding hydrogens is 252 g/mol. The van der Waals surface area contributed by atoms with Gasteiger partial charge >= 0.3 is 0 Å². The van der Waals surface area contributed by atoms with Gasteiger partial charge in [-0.25, -0.2) is 4.98 Å². The van der Waals surface area contributed by atoms with Crippen LogP contribution in [0.5, 0.6) is 17.4 Å². The van der Waals surface area contributed by atoms with Gasteiger partial charge in [-0.2, -0.15) is 0 Å². The first-order valence-electron chi connectivity index (χ1n) is 6.96. The second kappa shape index (κ2) is 6.39. The molecule has 1 aromatic heterocycles. The first-order chi connectivity index (χ1) is 9.90. The van der Waals surface area contributed by atoms with E-state index in [0.29, 0.717) is 12.0 Å². The summed E-state index contributed by atoms with van der Waals surface area (Å²) in [5.41, 5.74) is 0. The molecule has 3 rings (SSSR count). The van der Waals surface area contributed by atoms with Gasteiger partial charge in [0.05, 0.1) is 0 Å². The van der Waals surface area contributed by atoms with E-state index in [1.165, 1.54) is 0 Å². The molecular formula is C16H18N2O2. The Bertz CT molecular complexity index is 539. The van der Waals surface area contributed by atoms with E-state index in [-0.39, 0.29) is 0 Å². The van der Waals surface area contributed by atoms with Crippen LogP contribution >= 0.6 is 0 Å². The summed E-state index contributed by atoms with van der Waals surface area (Å²) in [6.45, 7) is 2.05. The summed E-state index contributed by atoms with van der Waals surface area (Å²) < 4.78 is 11.7. The maximum atomic E-state index is 5.99. The Hall–Kier alpha value is -2.07. The fourth-order valence-corrected chi connectivity index (χ4v) is 2.24. The van der Waals surface area contributed by atoms with E-state index < -0.39 is 0 Å². The lowest BCUT2D eigenvalue weighted by Gasteiger charge is -2.23. The van der Waals surface area contributed by atoms with Crippen LogP contribution in [0.25, 0.3) is 0 Å². The van der Waals surface area contributed by atoms with Crippen LogP contribution in [-0.4, -0.2) is 24.2 Å². The van der Waals surface area contributed by atoms with Gasteiger partial charge < -0.3 is 14.8 Å². The van der Waals surface area contributed by atoms with E-state index in [2.05, 4.69) is 10.3 Å². The Morgan fingerprint density at radius 2 is 1.85 bits per heavy atom. The third-order valence-corrected chi connectivity index (χ3v) is 3.25. The van der Waals surface area contributed by atoms with E-state index >= 15 is 0 Å². The number of rotatable bonds is 4. The van der Waals surface area contributed by atoms with Crippen molar-refractivity contribution in [2.24, 2.45) is 0 Å². The second-order valence-electron chi connectivity index (χ2n) is 4.81. The monoisotopic (exact) mass is 270 g/mol. The number of pyridine rings is 1. The highest BCUT2D eigenvalue weighted by Gasteiger charge is 2.14. The normalized spacial score (nSPS) is 15.8. The molecule has 0 amide bonds. The summed E-state index contributed by atoms with van der Waals surface area (Å²) in [6.07, 6.45) is 4.10. The third kappa shape index (κ3) is 3.48. The van der Waals surface area contributed by atoms with Crippen LogP contribution in [0.3, 0.4) is 0 Å². The van der Waals surface area contributed by atoms with Gasteiger partial charge in [0.15, 0.2) is 0 Å². The minimum atomic E-state index is 0.293. The fraction of sp³-hybridized carbons (Fsp3) is 0.312. The second-order valence-corrected chi connectivity index (χ2v) is 4.81. The topological polar surface area (TPSA) is 43.4 Å². The Morgan fingerprint density at radius 1 is 1.00 bits per heavy atom. The van der Waals surface area contributed by atoms with Gasteiger partial charge in [0.2, 0.25) is 5.88 Å². The van der Waals surface area contributed by atoms with Gasteiger partial charge in [-0.05, 0) is 44.1 Å². The number of nitrogens with one attached hydrogen (secondary N) is 1. The summed E-state index contributed by atoms with van der Waals surface area (Å²) in [6, 6.07) is 13.3. The van der Waals surface area contributed by atoms with Crippen LogP contribution in [0.2, 0.25) is 0 Å². The van der Waals surface area contributed by atoms with Gasteiger partial charge in [-0.1, -0.05) is 12.1 Å². The van der Waals surface area contributed by atoms with E-state index in [9.17, 15) is 0 Å². The van der Waals surface area contributed by atoms with Crippen molar-refractivity contribution in [3.63, 3.8) is 0 Å². The van der Waals surface area contributed by atoms with E-state index in [4.69, 9.17) is 9.47 Å². The highest BCUT2D eigenvalue weighted by Crippen LogP contribution is 2.25. The van der Waals surface area contributed by atoms with Gasteiger partial charge in [-0.3, -0.25) is 0 Å². The van der Waals surface area contributed by atoms with Crippen molar-refractivity contribution in [2.75, 3.05) is 13.1 Å². The van der Waals surface area contributed by atoms with E-state index in [0.717, 1.165) is 37.4 Å². The molecule has 1 fully saturated rings. The Kier molecular flexibility index (Phi) is 4.13. The highest BCUT2D eigenvalue weighted by molar-refractivity contribution is 5.35. The van der Waals surface area contributed by atoms with Crippen LogP contribution in [0.1, 0.15) is 12.8 Å². The van der Waals surface area contributed by atoms with E-state index in [1.54, 1.807) is 6.20 Å². The molecule has 2 heterocycles. The average Bonchev–Trinajstić information content (AvgIpc) is 2.50. The number of nitrogens with zero attached hydrogens (tertiary/aromatic N) is 1. The third-order valence-electron chi connectivity index (χ3n) is 3.25. The molecule has 20 heavy (non-hydrogen) atoms. The molecule has 0 atom stereocenters. The zero-order chi connectivity index (χ0) is 13.6. The van der Waals surface area contributed by atoms with Crippen molar-refractivity contribution in [3.05, 3.63) is 48.7 Å². The smallest absolute Gasteiger partial charge is 0.219 e. The van der Waals surface area contributed by atoms with Crippen LogP contribution in [-0.2, 0) is 0 Å². The quantitative estimate of drug-likeness (QED) is 0.927. The summed E-state index contributed by atoms with van der Waals surface area (Å²) in [4.78, 5) is 4.15. The van der Waals surface area contributed by atoms with Crippen LogP contribution in [0.15, 0.2) is 48.7 Å². The fourth-order valence-electron chi connectivity index (χ4n) is 2.24. The predicted octanol–water partition coefficient (Wildman–Crippen LogP) is 3.00. The number of benzene rings is 1. The minimum Gasteiger partial charge on any atom is -0.490 e. The molecule has 0 saturated carbocycles. The first kappa shape index (κ1) is 12.9. The molecule has 2 aromatic rings. The SMILES string of the molecule is c1ccc(Oc2cccc(OC3CCNCC3)c2)nc1. The molecule has 0 aliphatic carbocycles. The molecule has 0 bridgehead atoms. The summed E-state index contributed by atoms with van der Waals surface area (Å²) >= 11 is 0. The van der Waals surface area contributed by atoms with Crippen molar-refractivity contribution >= 4 is 0 Å². The van der Waals surface area contributed by atoms with Gasteiger partial charge in [0.1, 0.15) is 17.6 Å². The lowest BCUT2D eigenvalue weighted by Crippen LogP contribution is -2.34. The Balaban J connectivity index is 1.66. The van der Waals surface area contributed by atoms with Crippen LogP contribution in [0.4, 0.5) is 0 Å². The predicted molar refractivity (Wildman–Crippen MR) is 77.3 cm³/mol. The number of hydrogen-bond donors (Lipinski definition) is 1. The van der Waals surface area contributed by atoms with Gasteiger partial charge in [0.25, 0.3) is 0 Å². The lowest BCUT2D eigenvalue weighted by molar-refractivity contribution is 0.162. The molecule has 0 unspecified atom stereocenters. The van der Waals surface area contributed by atoms with Crippen molar-refractivity contribution in [1.82, 2.24) is 10.3 Å². The Morgan fingerprint density at radius 3 is 2.65 bits per heavy atom. The largest absolute Gasteiger partial charge is 0.490 e. The van der Waals surface area contributed by atoms with Crippen LogP contribution < -0.4 is 14.8 Å². The molecule has 1 aliphatic rings. The molecule has 104 valence electrons. The summed E-state index contributed by atoms with van der Waals surface area (Å²) in [5.74, 6) is 2.19. The van der Waals surface area contributed by atoms with Gasteiger partial charge in [0, 0.05) is 18.3 Å². The van der Waals surface area contributed by atoms with Crippen molar-refractivity contribution in [2.45, 2.75) is 18.9 Å². The number of aromatic nitrogens is 1. The standard InChI is InChI=1S/C16H18N2O2/c1-2-9-18-16(6-1)20-15-5-3-4-14(12-15)19-13-7-10-17-11-8-13/h1-6,9,12-13,17H,7-8,10-11H2.